The van der Waals surface area contributed by atoms with Crippen LogP contribution in [-0.2, 0) is 9.59 Å². The summed E-state index contributed by atoms with van der Waals surface area (Å²) in [4.78, 5) is 43.8. The van der Waals surface area contributed by atoms with Gasteiger partial charge < -0.3 is 9.84 Å². The SMILES string of the molecule is COc1ccc(/C(O)=C2\C(=O)C(=O)N(c3nc4c(C)cc(C)cc4s3)[C@@H]2c2cccc([N+](=O)[O-])c2)cc1C. The van der Waals surface area contributed by atoms with Crippen molar-refractivity contribution in [3.05, 3.63) is 98.1 Å². The molecule has 0 bridgehead atoms. The van der Waals surface area contributed by atoms with Gasteiger partial charge in [-0.25, -0.2) is 4.98 Å². The molecule has 0 aliphatic carbocycles. The van der Waals surface area contributed by atoms with Crippen molar-refractivity contribution >= 4 is 49.8 Å². The highest BCUT2D eigenvalue weighted by Gasteiger charge is 2.48. The van der Waals surface area contributed by atoms with Crippen LogP contribution in [0.5, 0.6) is 5.75 Å². The number of nitro groups is 1. The number of hydrogen-bond acceptors (Lipinski definition) is 8. The first-order valence-electron chi connectivity index (χ1n) is 11.7. The Kier molecular flexibility index (Phi) is 6.20. The number of benzene rings is 3. The number of thiazole rings is 1. The molecule has 0 radical (unpaired) electrons. The van der Waals surface area contributed by atoms with Crippen LogP contribution in [0.15, 0.2) is 60.2 Å². The van der Waals surface area contributed by atoms with E-state index in [0.29, 0.717) is 22.4 Å². The summed E-state index contributed by atoms with van der Waals surface area (Å²) >= 11 is 1.24. The first-order valence-corrected chi connectivity index (χ1v) is 12.5. The molecule has 0 saturated carbocycles. The summed E-state index contributed by atoms with van der Waals surface area (Å²) in [5, 5.41) is 23.2. The fraction of sp³-hybridized carbons (Fsp3) is 0.179. The van der Waals surface area contributed by atoms with E-state index in [1.54, 1.807) is 31.2 Å². The highest BCUT2D eigenvalue weighted by molar-refractivity contribution is 7.22. The van der Waals surface area contributed by atoms with Gasteiger partial charge >= 0.3 is 5.91 Å². The number of carbonyl (C=O) groups excluding carboxylic acids is 2. The Labute approximate surface area is 221 Å². The van der Waals surface area contributed by atoms with Gasteiger partial charge in [0, 0.05) is 17.7 Å². The van der Waals surface area contributed by atoms with E-state index in [-0.39, 0.29) is 22.2 Å². The third-order valence-electron chi connectivity index (χ3n) is 6.53. The number of Topliss-reactive ketones (excluding diaryl/α,β-unsaturated/α-hetero) is 1. The lowest BCUT2D eigenvalue weighted by Crippen LogP contribution is -2.29. The van der Waals surface area contributed by atoms with E-state index in [0.717, 1.165) is 21.4 Å². The zero-order valence-corrected chi connectivity index (χ0v) is 21.8. The molecule has 192 valence electrons. The molecule has 1 amide bonds. The summed E-state index contributed by atoms with van der Waals surface area (Å²) in [7, 11) is 1.52. The van der Waals surface area contributed by atoms with Crippen LogP contribution in [0.4, 0.5) is 10.8 Å². The van der Waals surface area contributed by atoms with E-state index in [9.17, 15) is 24.8 Å². The highest BCUT2D eigenvalue weighted by atomic mass is 32.1. The average Bonchev–Trinajstić information content (AvgIpc) is 3.42. The second kappa shape index (κ2) is 9.38. The zero-order valence-electron chi connectivity index (χ0n) is 21.0. The predicted octanol–water partition coefficient (Wildman–Crippen LogP) is 5.76. The number of rotatable bonds is 5. The number of aliphatic hydroxyl groups excluding tert-OH is 1. The van der Waals surface area contributed by atoms with Crippen LogP contribution in [0.25, 0.3) is 16.0 Å². The van der Waals surface area contributed by atoms with Gasteiger partial charge in [0.2, 0.25) is 0 Å². The minimum Gasteiger partial charge on any atom is -0.507 e. The van der Waals surface area contributed by atoms with E-state index in [4.69, 9.17) is 4.74 Å². The van der Waals surface area contributed by atoms with Crippen LogP contribution in [0.2, 0.25) is 0 Å². The fourth-order valence-electron chi connectivity index (χ4n) is 4.80. The Morgan fingerprint density at radius 1 is 1.08 bits per heavy atom. The maximum atomic E-state index is 13.5. The summed E-state index contributed by atoms with van der Waals surface area (Å²) in [5.41, 5.74) is 3.59. The van der Waals surface area contributed by atoms with Gasteiger partial charge in [-0.3, -0.25) is 24.6 Å². The van der Waals surface area contributed by atoms with E-state index in [1.807, 2.05) is 26.0 Å². The number of ether oxygens (including phenoxy) is 1. The topological polar surface area (TPSA) is 123 Å². The third-order valence-corrected chi connectivity index (χ3v) is 7.54. The number of amides is 1. The van der Waals surface area contributed by atoms with E-state index < -0.39 is 22.7 Å². The zero-order chi connectivity index (χ0) is 27.3. The van der Waals surface area contributed by atoms with Crippen LogP contribution >= 0.6 is 11.3 Å². The molecular weight excluding hydrogens is 506 g/mol. The summed E-state index contributed by atoms with van der Waals surface area (Å²) in [6, 6.07) is 13.4. The number of fused-ring (bicyclic) bond motifs is 1. The molecule has 10 heteroatoms. The molecule has 2 heterocycles. The minimum absolute atomic E-state index is 0.174. The van der Waals surface area contributed by atoms with Crippen LogP contribution in [0.3, 0.4) is 0 Å². The van der Waals surface area contributed by atoms with E-state index >= 15 is 0 Å². The van der Waals surface area contributed by atoms with Crippen LogP contribution in [-0.4, -0.2) is 33.8 Å². The molecule has 3 aromatic carbocycles. The number of non-ortho nitro benzene ring substituents is 1. The Morgan fingerprint density at radius 3 is 2.53 bits per heavy atom. The van der Waals surface area contributed by atoms with Crippen molar-refractivity contribution in [2.75, 3.05) is 12.0 Å². The molecule has 1 saturated heterocycles. The van der Waals surface area contributed by atoms with Crippen LogP contribution in [0, 0.1) is 30.9 Å². The molecule has 5 rings (SSSR count). The highest BCUT2D eigenvalue weighted by Crippen LogP contribution is 2.45. The van der Waals surface area contributed by atoms with E-state index in [2.05, 4.69) is 4.98 Å². The van der Waals surface area contributed by atoms with Gasteiger partial charge in [-0.2, -0.15) is 0 Å². The number of methoxy groups -OCH3 is 1. The van der Waals surface area contributed by atoms with Crippen molar-refractivity contribution in [3.8, 4) is 5.75 Å². The number of anilines is 1. The van der Waals surface area contributed by atoms with Gasteiger partial charge in [0.1, 0.15) is 11.5 Å². The first kappa shape index (κ1) is 25.1. The fourth-order valence-corrected chi connectivity index (χ4v) is 5.97. The Balaban J connectivity index is 1.76. The lowest BCUT2D eigenvalue weighted by molar-refractivity contribution is -0.384. The van der Waals surface area contributed by atoms with Crippen molar-refractivity contribution in [2.24, 2.45) is 0 Å². The number of carbonyl (C=O) groups is 2. The third kappa shape index (κ3) is 4.08. The Hall–Kier alpha value is -4.57. The summed E-state index contributed by atoms with van der Waals surface area (Å²) in [5.74, 6) is -1.57. The van der Waals surface area contributed by atoms with Crippen molar-refractivity contribution in [3.63, 3.8) is 0 Å². The van der Waals surface area contributed by atoms with Crippen molar-refractivity contribution in [1.29, 1.82) is 0 Å². The summed E-state index contributed by atoms with van der Waals surface area (Å²) < 4.78 is 6.13. The second-order valence-electron chi connectivity index (χ2n) is 9.13. The maximum Gasteiger partial charge on any atom is 0.301 e. The molecule has 1 aliphatic rings. The number of aromatic nitrogens is 1. The van der Waals surface area contributed by atoms with Gasteiger partial charge in [0.05, 0.1) is 33.9 Å². The molecule has 1 N–H and O–H groups in total. The number of aliphatic hydroxyl groups is 1. The lowest BCUT2D eigenvalue weighted by atomic mass is 9.94. The molecule has 0 unspecified atom stereocenters. The Morgan fingerprint density at radius 2 is 1.84 bits per heavy atom. The lowest BCUT2D eigenvalue weighted by Gasteiger charge is -2.23. The van der Waals surface area contributed by atoms with Crippen molar-refractivity contribution < 1.29 is 24.4 Å². The molecule has 0 spiro atoms. The standard InChI is InChI=1S/C28H23N3O6S/c1-14-10-16(3)23-21(11-14)38-28(29-23)30-24(17-6-5-7-19(13-17)31(35)36)22(26(33)27(30)34)25(32)18-8-9-20(37-4)15(2)12-18/h5-13,24,32H,1-4H3/b25-22+/t24-/m1/s1. The molecule has 1 aliphatic heterocycles. The molecule has 1 atom stereocenters. The van der Waals surface area contributed by atoms with Gasteiger partial charge in [-0.1, -0.05) is 29.5 Å². The smallest absolute Gasteiger partial charge is 0.301 e. The largest absolute Gasteiger partial charge is 0.507 e. The normalized spacial score (nSPS) is 16.8. The summed E-state index contributed by atoms with van der Waals surface area (Å²) in [6.07, 6.45) is 0. The summed E-state index contributed by atoms with van der Waals surface area (Å²) in [6.45, 7) is 5.66. The van der Waals surface area contributed by atoms with Crippen LogP contribution in [0.1, 0.15) is 33.9 Å². The second-order valence-corrected chi connectivity index (χ2v) is 10.1. The van der Waals surface area contributed by atoms with Gasteiger partial charge in [0.15, 0.2) is 5.13 Å². The van der Waals surface area contributed by atoms with Gasteiger partial charge in [-0.15, -0.1) is 0 Å². The molecule has 38 heavy (non-hydrogen) atoms. The molecule has 9 nitrogen and oxygen atoms in total. The number of aryl methyl sites for hydroxylation is 3. The van der Waals surface area contributed by atoms with Crippen LogP contribution < -0.4 is 9.64 Å². The number of ketones is 1. The number of nitro benzene ring substituents is 1. The van der Waals surface area contributed by atoms with Crippen molar-refractivity contribution in [2.45, 2.75) is 26.8 Å². The average molecular weight is 530 g/mol. The monoisotopic (exact) mass is 529 g/mol. The van der Waals surface area contributed by atoms with Gasteiger partial charge in [-0.05, 0) is 67.3 Å². The van der Waals surface area contributed by atoms with Gasteiger partial charge in [0.25, 0.3) is 11.5 Å². The Bertz CT molecular complexity index is 1690. The quantitative estimate of drug-likeness (QED) is 0.115. The predicted molar refractivity (Wildman–Crippen MR) is 145 cm³/mol. The minimum atomic E-state index is -1.13. The molecular formula is C28H23N3O6S. The number of nitrogens with zero attached hydrogens (tertiary/aromatic N) is 3. The first-order chi connectivity index (χ1) is 18.1. The molecule has 1 aromatic heterocycles. The molecule has 1 fully saturated rings. The van der Waals surface area contributed by atoms with Crippen molar-refractivity contribution in [1.82, 2.24) is 4.98 Å². The number of hydrogen-bond donors (Lipinski definition) is 1. The molecule has 4 aromatic rings. The maximum absolute atomic E-state index is 13.5. The van der Waals surface area contributed by atoms with E-state index in [1.165, 1.54) is 41.5 Å².